The van der Waals surface area contributed by atoms with E-state index in [4.69, 9.17) is 16.0 Å². The van der Waals surface area contributed by atoms with Crippen LogP contribution in [0.2, 0.25) is 4.34 Å². The van der Waals surface area contributed by atoms with Crippen LogP contribution in [0, 0.1) is 17.2 Å². The van der Waals surface area contributed by atoms with Gasteiger partial charge in [0.1, 0.15) is 11.8 Å². The zero-order valence-electron chi connectivity index (χ0n) is 10.9. The van der Waals surface area contributed by atoms with Crippen LogP contribution in [0.4, 0.5) is 0 Å². The van der Waals surface area contributed by atoms with E-state index >= 15 is 0 Å². The number of nitriles is 1. The molecule has 0 saturated heterocycles. The van der Waals surface area contributed by atoms with Crippen LogP contribution in [0.25, 0.3) is 0 Å². The molecule has 0 aliphatic heterocycles. The van der Waals surface area contributed by atoms with Crippen LogP contribution in [0.3, 0.4) is 0 Å². The normalized spacial score (nSPS) is 23.6. The first-order valence-electron chi connectivity index (χ1n) is 6.72. The van der Waals surface area contributed by atoms with Gasteiger partial charge in [-0.15, -0.1) is 11.3 Å². The lowest BCUT2D eigenvalue weighted by Gasteiger charge is -2.22. The predicted octanol–water partition coefficient (Wildman–Crippen LogP) is 4.37. The van der Waals surface area contributed by atoms with Crippen LogP contribution >= 0.6 is 22.9 Å². The van der Waals surface area contributed by atoms with E-state index in [1.165, 1.54) is 0 Å². The van der Waals surface area contributed by atoms with E-state index in [2.05, 4.69) is 11.4 Å². The molecular formula is C15H15ClN2OS. The molecule has 0 bridgehead atoms. The third-order valence-electron chi connectivity index (χ3n) is 3.77. The van der Waals surface area contributed by atoms with Crippen LogP contribution in [-0.2, 0) is 0 Å². The minimum absolute atomic E-state index is 0.0264. The number of thiophene rings is 1. The second-order valence-corrected chi connectivity index (χ2v) is 6.78. The summed E-state index contributed by atoms with van der Waals surface area (Å²) in [5, 5.41) is 12.8. The Morgan fingerprint density at radius 1 is 1.40 bits per heavy atom. The average molecular weight is 307 g/mol. The molecule has 0 spiro atoms. The van der Waals surface area contributed by atoms with Crippen molar-refractivity contribution in [1.82, 2.24) is 5.32 Å². The Balaban J connectivity index is 1.85. The van der Waals surface area contributed by atoms with Gasteiger partial charge < -0.3 is 4.42 Å². The summed E-state index contributed by atoms with van der Waals surface area (Å²) in [6.07, 6.45) is 4.79. The van der Waals surface area contributed by atoms with Gasteiger partial charge in [0.15, 0.2) is 0 Å². The van der Waals surface area contributed by atoms with E-state index in [0.717, 1.165) is 34.2 Å². The van der Waals surface area contributed by atoms with Gasteiger partial charge in [0, 0.05) is 10.9 Å². The Morgan fingerprint density at radius 2 is 2.30 bits per heavy atom. The van der Waals surface area contributed by atoms with Crippen LogP contribution in [0.5, 0.6) is 0 Å². The van der Waals surface area contributed by atoms with E-state index in [1.807, 2.05) is 24.3 Å². The van der Waals surface area contributed by atoms with Crippen LogP contribution in [0.1, 0.15) is 35.9 Å². The van der Waals surface area contributed by atoms with Crippen molar-refractivity contribution >= 4 is 22.9 Å². The van der Waals surface area contributed by atoms with Crippen LogP contribution in [0.15, 0.2) is 34.9 Å². The van der Waals surface area contributed by atoms with E-state index in [1.54, 1.807) is 17.6 Å². The van der Waals surface area contributed by atoms with Gasteiger partial charge in [-0.25, -0.2) is 0 Å². The highest BCUT2D eigenvalue weighted by Crippen LogP contribution is 2.34. The molecular weight excluding hydrogens is 292 g/mol. The molecule has 2 aromatic rings. The van der Waals surface area contributed by atoms with E-state index in [9.17, 15) is 5.26 Å². The molecule has 3 unspecified atom stereocenters. The molecule has 1 fully saturated rings. The molecule has 3 nitrogen and oxygen atoms in total. The first-order valence-corrected chi connectivity index (χ1v) is 7.91. The summed E-state index contributed by atoms with van der Waals surface area (Å²) in [6.45, 7) is 0. The Hall–Kier alpha value is -1.28. The van der Waals surface area contributed by atoms with Crippen molar-refractivity contribution in [2.75, 3.05) is 0 Å². The first-order chi connectivity index (χ1) is 9.78. The first kappa shape index (κ1) is 13.7. The highest BCUT2D eigenvalue weighted by Gasteiger charge is 2.31. The number of nitrogens with one attached hydrogen (secondary N) is 1. The van der Waals surface area contributed by atoms with Crippen molar-refractivity contribution in [3.63, 3.8) is 0 Å². The van der Waals surface area contributed by atoms with Crippen molar-refractivity contribution in [2.24, 2.45) is 5.92 Å². The van der Waals surface area contributed by atoms with Gasteiger partial charge in [0.25, 0.3) is 0 Å². The summed E-state index contributed by atoms with van der Waals surface area (Å²) in [5.74, 6) is 0.954. The summed E-state index contributed by atoms with van der Waals surface area (Å²) in [5.41, 5.74) is 0. The second kappa shape index (κ2) is 6.01. The lowest BCUT2D eigenvalue weighted by Crippen LogP contribution is -2.35. The van der Waals surface area contributed by atoms with Gasteiger partial charge in [-0.3, -0.25) is 5.32 Å². The van der Waals surface area contributed by atoms with Crippen LogP contribution < -0.4 is 5.32 Å². The van der Waals surface area contributed by atoms with Crippen molar-refractivity contribution in [2.45, 2.75) is 31.3 Å². The van der Waals surface area contributed by atoms with Crippen LogP contribution in [-0.4, -0.2) is 6.04 Å². The molecule has 1 N–H and O–H groups in total. The molecule has 0 amide bonds. The number of halogens is 1. The number of nitrogens with zero attached hydrogens (tertiary/aromatic N) is 1. The van der Waals surface area contributed by atoms with Crippen molar-refractivity contribution in [1.29, 1.82) is 5.26 Å². The molecule has 104 valence electrons. The minimum atomic E-state index is -0.0264. The molecule has 1 saturated carbocycles. The summed E-state index contributed by atoms with van der Waals surface area (Å²) in [6, 6.07) is 10.4. The maximum atomic E-state index is 9.22. The lowest BCUT2D eigenvalue weighted by atomic mass is 10.0. The van der Waals surface area contributed by atoms with Gasteiger partial charge in [-0.05, 0) is 37.1 Å². The molecule has 1 aliphatic carbocycles. The number of rotatable bonds is 4. The lowest BCUT2D eigenvalue weighted by molar-refractivity contribution is 0.385. The predicted molar refractivity (Wildman–Crippen MR) is 79.8 cm³/mol. The van der Waals surface area contributed by atoms with E-state index in [0.29, 0.717) is 0 Å². The summed E-state index contributed by atoms with van der Waals surface area (Å²) < 4.78 is 6.32. The van der Waals surface area contributed by atoms with Gasteiger partial charge in [0.05, 0.1) is 22.6 Å². The maximum Gasteiger partial charge on any atom is 0.126 e. The Labute approximate surface area is 127 Å². The van der Waals surface area contributed by atoms with Crippen molar-refractivity contribution in [3.8, 4) is 6.07 Å². The molecule has 1 aliphatic rings. The highest BCUT2D eigenvalue weighted by atomic mass is 35.5. The topological polar surface area (TPSA) is 49.0 Å². The standard InChI is InChI=1S/C15H15ClN2OS/c16-14-7-6-13(20-14)15(12-5-2-8-19-12)18-11-4-1-3-10(11)9-17/h2,5-8,10-11,15,18H,1,3-4H2. The Bertz CT molecular complexity index is 602. The SMILES string of the molecule is N#CC1CCCC1NC(c1ccco1)c1ccc(Cl)s1. The third kappa shape index (κ3) is 2.76. The largest absolute Gasteiger partial charge is 0.467 e. The quantitative estimate of drug-likeness (QED) is 0.912. The Morgan fingerprint density at radius 3 is 2.95 bits per heavy atom. The van der Waals surface area contributed by atoms with Gasteiger partial charge >= 0.3 is 0 Å². The fourth-order valence-corrected chi connectivity index (χ4v) is 3.90. The molecule has 3 rings (SSSR count). The fourth-order valence-electron chi connectivity index (χ4n) is 2.77. The molecule has 20 heavy (non-hydrogen) atoms. The zero-order chi connectivity index (χ0) is 13.9. The Kier molecular flexibility index (Phi) is 4.11. The highest BCUT2D eigenvalue weighted by molar-refractivity contribution is 7.16. The molecule has 3 atom stereocenters. The third-order valence-corrected chi connectivity index (χ3v) is 5.06. The van der Waals surface area contributed by atoms with Gasteiger partial charge in [0.2, 0.25) is 0 Å². The number of hydrogen-bond donors (Lipinski definition) is 1. The van der Waals surface area contributed by atoms with Gasteiger partial charge in [-0.1, -0.05) is 18.0 Å². The molecule has 0 radical (unpaired) electrons. The number of furan rings is 1. The van der Waals surface area contributed by atoms with E-state index < -0.39 is 0 Å². The zero-order valence-corrected chi connectivity index (χ0v) is 12.5. The molecule has 5 heteroatoms. The minimum Gasteiger partial charge on any atom is -0.467 e. The summed E-state index contributed by atoms with van der Waals surface area (Å²) >= 11 is 7.59. The average Bonchev–Trinajstić information content (AvgIpc) is 3.17. The molecule has 2 heterocycles. The molecule has 2 aromatic heterocycles. The molecule has 0 aromatic carbocycles. The van der Waals surface area contributed by atoms with Crippen molar-refractivity contribution < 1.29 is 4.42 Å². The summed E-state index contributed by atoms with van der Waals surface area (Å²) in [4.78, 5) is 1.12. The number of hydrogen-bond acceptors (Lipinski definition) is 4. The summed E-state index contributed by atoms with van der Waals surface area (Å²) in [7, 11) is 0. The smallest absolute Gasteiger partial charge is 0.126 e. The van der Waals surface area contributed by atoms with E-state index in [-0.39, 0.29) is 18.0 Å². The maximum absolute atomic E-state index is 9.22. The second-order valence-electron chi connectivity index (χ2n) is 5.03. The van der Waals surface area contributed by atoms with Gasteiger partial charge in [-0.2, -0.15) is 5.26 Å². The van der Waals surface area contributed by atoms with Crippen molar-refractivity contribution in [3.05, 3.63) is 45.5 Å². The fraction of sp³-hybridized carbons (Fsp3) is 0.400. The monoisotopic (exact) mass is 306 g/mol.